The molecule has 0 aliphatic heterocycles. The van der Waals surface area contributed by atoms with Gasteiger partial charge in [-0.2, -0.15) is 0 Å². The number of hydrogen-bond donors (Lipinski definition) is 1. The van der Waals surface area contributed by atoms with E-state index in [1.165, 1.54) is 12.0 Å². The van der Waals surface area contributed by atoms with Crippen molar-refractivity contribution in [3.05, 3.63) is 35.4 Å². The molecule has 1 atom stereocenters. The number of aliphatic hydroxyl groups is 1. The lowest BCUT2D eigenvalue weighted by Gasteiger charge is -2.12. The minimum absolute atomic E-state index is 0.390. The maximum atomic E-state index is 9.93. The largest absolute Gasteiger partial charge is 0.386 e. The number of hydrogen-bond acceptors (Lipinski definition) is 2. The van der Waals surface area contributed by atoms with E-state index in [4.69, 9.17) is 4.74 Å². The van der Waals surface area contributed by atoms with E-state index >= 15 is 0 Å². The highest BCUT2D eigenvalue weighted by molar-refractivity contribution is 5.23. The summed E-state index contributed by atoms with van der Waals surface area (Å²) in [5.41, 5.74) is 2.11. The van der Waals surface area contributed by atoms with Gasteiger partial charge < -0.3 is 9.84 Å². The fourth-order valence-corrected chi connectivity index (χ4v) is 1.76. The van der Waals surface area contributed by atoms with Crippen LogP contribution in [0.2, 0.25) is 0 Å². The van der Waals surface area contributed by atoms with Crippen molar-refractivity contribution in [3.8, 4) is 0 Å². The van der Waals surface area contributed by atoms with E-state index in [-0.39, 0.29) is 0 Å². The third kappa shape index (κ3) is 5.85. The molecule has 96 valence electrons. The summed E-state index contributed by atoms with van der Waals surface area (Å²) in [5.74, 6) is 0.722. The lowest BCUT2D eigenvalue weighted by Crippen LogP contribution is -2.08. The summed E-state index contributed by atoms with van der Waals surface area (Å²) in [6, 6.07) is 7.93. The van der Waals surface area contributed by atoms with Crippen molar-refractivity contribution in [2.75, 3.05) is 13.2 Å². The minimum Gasteiger partial charge on any atom is -0.386 e. The molecule has 0 bridgehead atoms. The van der Waals surface area contributed by atoms with Gasteiger partial charge >= 0.3 is 0 Å². The number of rotatable bonds is 7. The SMILES string of the molecule is Cc1cccc(C(O)COCCCC(C)C)c1. The van der Waals surface area contributed by atoms with Crippen molar-refractivity contribution in [1.29, 1.82) is 0 Å². The molecule has 0 aliphatic rings. The number of ether oxygens (including phenoxy) is 1. The molecule has 2 heteroatoms. The van der Waals surface area contributed by atoms with Crippen molar-refractivity contribution >= 4 is 0 Å². The van der Waals surface area contributed by atoms with Crippen molar-refractivity contribution in [1.82, 2.24) is 0 Å². The fourth-order valence-electron chi connectivity index (χ4n) is 1.76. The predicted octanol–water partition coefficient (Wildman–Crippen LogP) is 3.48. The molecule has 0 saturated heterocycles. The second kappa shape index (κ2) is 7.46. The first-order valence-electron chi connectivity index (χ1n) is 6.42. The molecule has 2 nitrogen and oxygen atoms in total. The normalized spacial score (nSPS) is 13.0. The van der Waals surface area contributed by atoms with Crippen LogP contribution >= 0.6 is 0 Å². The summed E-state index contributed by atoms with van der Waals surface area (Å²) >= 11 is 0. The lowest BCUT2D eigenvalue weighted by atomic mass is 10.1. The zero-order valence-corrected chi connectivity index (χ0v) is 11.1. The summed E-state index contributed by atoms with van der Waals surface area (Å²) in [7, 11) is 0. The Morgan fingerprint density at radius 2 is 2.06 bits per heavy atom. The van der Waals surface area contributed by atoms with Gasteiger partial charge in [0.05, 0.1) is 6.61 Å². The van der Waals surface area contributed by atoms with Crippen molar-refractivity contribution in [3.63, 3.8) is 0 Å². The fraction of sp³-hybridized carbons (Fsp3) is 0.600. The van der Waals surface area contributed by atoms with Gasteiger partial charge in [-0.25, -0.2) is 0 Å². The maximum absolute atomic E-state index is 9.93. The zero-order valence-electron chi connectivity index (χ0n) is 11.1. The van der Waals surface area contributed by atoms with Gasteiger partial charge in [-0.15, -0.1) is 0 Å². The quantitative estimate of drug-likeness (QED) is 0.734. The first-order valence-corrected chi connectivity index (χ1v) is 6.42. The second-order valence-electron chi connectivity index (χ2n) is 5.04. The number of aliphatic hydroxyl groups excluding tert-OH is 1. The molecule has 0 aromatic heterocycles. The minimum atomic E-state index is -0.506. The second-order valence-corrected chi connectivity index (χ2v) is 5.04. The Morgan fingerprint density at radius 3 is 2.71 bits per heavy atom. The third-order valence-electron chi connectivity index (χ3n) is 2.77. The van der Waals surface area contributed by atoms with Crippen molar-refractivity contribution in [2.24, 2.45) is 5.92 Å². The Bertz CT molecular complexity index is 320. The summed E-state index contributed by atoms with van der Waals surface area (Å²) < 4.78 is 5.49. The highest BCUT2D eigenvalue weighted by atomic mass is 16.5. The molecule has 0 radical (unpaired) electrons. The highest BCUT2D eigenvalue weighted by Crippen LogP contribution is 2.14. The van der Waals surface area contributed by atoms with Crippen LogP contribution in [0, 0.1) is 12.8 Å². The molecule has 0 aliphatic carbocycles. The van der Waals surface area contributed by atoms with E-state index in [9.17, 15) is 5.11 Å². The molecule has 17 heavy (non-hydrogen) atoms. The van der Waals surface area contributed by atoms with Crippen LogP contribution < -0.4 is 0 Å². The summed E-state index contributed by atoms with van der Waals surface area (Å²) in [6.07, 6.45) is 1.74. The van der Waals surface area contributed by atoms with Crippen LogP contribution in [0.4, 0.5) is 0 Å². The third-order valence-corrected chi connectivity index (χ3v) is 2.77. The zero-order chi connectivity index (χ0) is 12.7. The molecular formula is C15H24O2. The highest BCUT2D eigenvalue weighted by Gasteiger charge is 2.07. The van der Waals surface area contributed by atoms with E-state index in [0.717, 1.165) is 24.5 Å². The molecule has 0 spiro atoms. The van der Waals surface area contributed by atoms with Gasteiger partial charge in [0.25, 0.3) is 0 Å². The Hall–Kier alpha value is -0.860. The Labute approximate surface area is 105 Å². The standard InChI is InChI=1S/C15H24O2/c1-12(2)6-5-9-17-11-15(16)14-8-4-7-13(3)10-14/h4,7-8,10,12,15-16H,5-6,9,11H2,1-3H3. The van der Waals surface area contributed by atoms with Gasteiger partial charge in [0, 0.05) is 6.61 Å². The molecule has 0 fully saturated rings. The van der Waals surface area contributed by atoms with Crippen LogP contribution in [0.1, 0.15) is 43.9 Å². The topological polar surface area (TPSA) is 29.5 Å². The van der Waals surface area contributed by atoms with Gasteiger partial charge in [0.1, 0.15) is 6.10 Å². The van der Waals surface area contributed by atoms with E-state index in [2.05, 4.69) is 13.8 Å². The van der Waals surface area contributed by atoms with E-state index in [1.54, 1.807) is 0 Å². The Morgan fingerprint density at radius 1 is 1.29 bits per heavy atom. The lowest BCUT2D eigenvalue weighted by molar-refractivity contribution is 0.0337. The van der Waals surface area contributed by atoms with Gasteiger partial charge in [-0.1, -0.05) is 43.7 Å². The van der Waals surface area contributed by atoms with Gasteiger partial charge in [0.2, 0.25) is 0 Å². The molecule has 1 aromatic rings. The maximum Gasteiger partial charge on any atom is 0.102 e. The molecule has 1 rings (SSSR count). The predicted molar refractivity (Wildman–Crippen MR) is 71.0 cm³/mol. The summed E-state index contributed by atoms with van der Waals surface area (Å²) in [6.45, 7) is 7.57. The average molecular weight is 236 g/mol. The van der Waals surface area contributed by atoms with E-state index < -0.39 is 6.10 Å². The van der Waals surface area contributed by atoms with Crippen molar-refractivity contribution in [2.45, 2.75) is 39.7 Å². The van der Waals surface area contributed by atoms with Crippen LogP contribution in [0.25, 0.3) is 0 Å². The molecule has 0 heterocycles. The Kier molecular flexibility index (Phi) is 6.23. The number of aryl methyl sites for hydroxylation is 1. The van der Waals surface area contributed by atoms with Crippen LogP contribution in [0.5, 0.6) is 0 Å². The molecular weight excluding hydrogens is 212 g/mol. The first kappa shape index (κ1) is 14.2. The van der Waals surface area contributed by atoms with Crippen LogP contribution in [-0.2, 0) is 4.74 Å². The molecule has 1 unspecified atom stereocenters. The average Bonchev–Trinajstić information content (AvgIpc) is 2.28. The first-order chi connectivity index (χ1) is 8.09. The molecule has 1 N–H and O–H groups in total. The molecule has 0 amide bonds. The van der Waals surface area contributed by atoms with Gasteiger partial charge in [-0.05, 0) is 31.2 Å². The summed E-state index contributed by atoms with van der Waals surface area (Å²) in [4.78, 5) is 0. The Balaban J connectivity index is 2.23. The number of benzene rings is 1. The van der Waals surface area contributed by atoms with E-state index in [1.807, 2.05) is 31.2 Å². The van der Waals surface area contributed by atoms with Crippen molar-refractivity contribution < 1.29 is 9.84 Å². The monoisotopic (exact) mass is 236 g/mol. The molecule has 0 saturated carbocycles. The van der Waals surface area contributed by atoms with Crippen LogP contribution in [0.15, 0.2) is 24.3 Å². The van der Waals surface area contributed by atoms with Crippen LogP contribution in [-0.4, -0.2) is 18.3 Å². The van der Waals surface area contributed by atoms with Gasteiger partial charge in [0.15, 0.2) is 0 Å². The summed E-state index contributed by atoms with van der Waals surface area (Å²) in [5, 5.41) is 9.93. The molecule has 1 aromatic carbocycles. The van der Waals surface area contributed by atoms with Crippen LogP contribution in [0.3, 0.4) is 0 Å². The van der Waals surface area contributed by atoms with E-state index in [0.29, 0.717) is 6.61 Å². The van der Waals surface area contributed by atoms with Gasteiger partial charge in [-0.3, -0.25) is 0 Å². The smallest absolute Gasteiger partial charge is 0.102 e.